The van der Waals surface area contributed by atoms with Gasteiger partial charge in [0.15, 0.2) is 0 Å². The van der Waals surface area contributed by atoms with Gasteiger partial charge in [-0.3, -0.25) is 0 Å². The number of benzene rings is 4. The van der Waals surface area contributed by atoms with Crippen LogP contribution in [0.1, 0.15) is 75.6 Å². The molecule has 39 heavy (non-hydrogen) atoms. The van der Waals surface area contributed by atoms with Crippen molar-refractivity contribution in [3.05, 3.63) is 131 Å². The van der Waals surface area contributed by atoms with Gasteiger partial charge in [-0.15, -0.1) is 0 Å². The third-order valence-corrected chi connectivity index (χ3v) is 7.72. The summed E-state index contributed by atoms with van der Waals surface area (Å²) in [6.07, 6.45) is 4.61. The molecule has 0 fully saturated rings. The van der Waals surface area contributed by atoms with Crippen LogP contribution in [0, 0.1) is 0 Å². The fourth-order valence-corrected chi connectivity index (χ4v) is 6.04. The molecule has 0 unspecified atom stereocenters. The first kappa shape index (κ1) is 28.5. The molecule has 0 heterocycles. The zero-order chi connectivity index (χ0) is 27.5. The first-order valence-corrected chi connectivity index (χ1v) is 15.0. The number of nitrogens with zero attached hydrogens (tertiary/aromatic N) is 2. The predicted molar refractivity (Wildman–Crippen MR) is 170 cm³/mol. The van der Waals surface area contributed by atoms with Crippen LogP contribution in [0.2, 0.25) is 0 Å². The lowest BCUT2D eigenvalue weighted by Gasteiger charge is -2.37. The molecule has 4 aromatic carbocycles. The Bertz CT molecular complexity index is 1120. The Morgan fingerprint density at radius 1 is 0.385 bits per heavy atom. The molecule has 2 heteroatoms. The summed E-state index contributed by atoms with van der Waals surface area (Å²) in [6, 6.07) is 40.9. The smallest absolute Gasteiger partial charge is 0.0701 e. The SMILES string of the molecule is CCCN(CCC)c1ccc(C(c2ccccc2)(c2ccccc2)c2ccc(N(CCC)CCC)cc2)cc1. The Morgan fingerprint density at radius 3 is 0.949 bits per heavy atom. The van der Waals surface area contributed by atoms with Crippen LogP contribution >= 0.6 is 0 Å². The second-order valence-electron chi connectivity index (χ2n) is 10.5. The predicted octanol–water partition coefficient (Wildman–Crippen LogP) is 9.32. The van der Waals surface area contributed by atoms with Crippen LogP contribution in [0.15, 0.2) is 109 Å². The van der Waals surface area contributed by atoms with Gasteiger partial charge >= 0.3 is 0 Å². The van der Waals surface area contributed by atoms with Gasteiger partial charge in [-0.1, -0.05) is 113 Å². The minimum absolute atomic E-state index is 0.416. The maximum atomic E-state index is 2.52. The summed E-state index contributed by atoms with van der Waals surface area (Å²) in [7, 11) is 0. The van der Waals surface area contributed by atoms with Gasteiger partial charge in [0.05, 0.1) is 5.41 Å². The third-order valence-electron chi connectivity index (χ3n) is 7.72. The molecular weight excluding hydrogens is 472 g/mol. The second-order valence-corrected chi connectivity index (χ2v) is 10.5. The van der Waals surface area contributed by atoms with E-state index < -0.39 is 5.41 Å². The van der Waals surface area contributed by atoms with E-state index in [0.717, 1.165) is 51.9 Å². The quantitative estimate of drug-likeness (QED) is 0.153. The molecule has 0 bridgehead atoms. The van der Waals surface area contributed by atoms with Crippen molar-refractivity contribution in [3.63, 3.8) is 0 Å². The standard InChI is InChI=1S/C37H46N2/c1-5-27-38(28-6-2)35-23-19-33(20-24-35)37(31-15-11-9-12-16-31,32-17-13-10-14-18-32)34-21-25-36(26-22-34)39(29-7-3)30-8-4/h9-26H,5-8,27-30H2,1-4H3. The van der Waals surface area contributed by atoms with E-state index in [4.69, 9.17) is 0 Å². The van der Waals surface area contributed by atoms with Crippen LogP contribution in [0.4, 0.5) is 11.4 Å². The van der Waals surface area contributed by atoms with Crippen molar-refractivity contribution in [2.75, 3.05) is 36.0 Å². The van der Waals surface area contributed by atoms with Crippen molar-refractivity contribution >= 4 is 11.4 Å². The monoisotopic (exact) mass is 518 g/mol. The van der Waals surface area contributed by atoms with E-state index >= 15 is 0 Å². The molecule has 0 aromatic heterocycles. The van der Waals surface area contributed by atoms with E-state index in [1.165, 1.54) is 33.6 Å². The molecule has 0 spiro atoms. The van der Waals surface area contributed by atoms with E-state index in [9.17, 15) is 0 Å². The molecule has 0 aliphatic heterocycles. The maximum absolute atomic E-state index is 2.52. The van der Waals surface area contributed by atoms with E-state index in [2.05, 4.69) is 147 Å². The van der Waals surface area contributed by atoms with Crippen LogP contribution in [-0.2, 0) is 5.41 Å². The van der Waals surface area contributed by atoms with Crippen molar-refractivity contribution in [2.45, 2.75) is 58.8 Å². The Kier molecular flexibility index (Phi) is 10.3. The molecule has 0 N–H and O–H groups in total. The van der Waals surface area contributed by atoms with E-state index in [0.29, 0.717) is 0 Å². The molecule has 0 atom stereocenters. The van der Waals surface area contributed by atoms with Crippen LogP contribution in [0.25, 0.3) is 0 Å². The molecule has 0 aliphatic rings. The lowest BCUT2D eigenvalue weighted by atomic mass is 9.65. The highest BCUT2D eigenvalue weighted by atomic mass is 15.1. The minimum atomic E-state index is -0.416. The Labute approximate surface area is 237 Å². The summed E-state index contributed by atoms with van der Waals surface area (Å²) in [4.78, 5) is 5.03. The van der Waals surface area contributed by atoms with Gasteiger partial charge in [0, 0.05) is 37.6 Å². The summed E-state index contributed by atoms with van der Waals surface area (Å²) in [6.45, 7) is 13.4. The third kappa shape index (κ3) is 6.22. The molecule has 0 aliphatic carbocycles. The molecule has 0 saturated carbocycles. The summed E-state index contributed by atoms with van der Waals surface area (Å²) < 4.78 is 0. The van der Waals surface area contributed by atoms with Crippen LogP contribution < -0.4 is 9.80 Å². The molecule has 4 aromatic rings. The molecule has 0 saturated heterocycles. The van der Waals surface area contributed by atoms with E-state index in [-0.39, 0.29) is 0 Å². The summed E-state index contributed by atoms with van der Waals surface area (Å²) in [5, 5.41) is 0. The van der Waals surface area contributed by atoms with Gasteiger partial charge in [0.1, 0.15) is 0 Å². The minimum Gasteiger partial charge on any atom is -0.372 e. The topological polar surface area (TPSA) is 6.48 Å². The molecule has 204 valence electrons. The Morgan fingerprint density at radius 2 is 0.667 bits per heavy atom. The van der Waals surface area contributed by atoms with Crippen molar-refractivity contribution < 1.29 is 0 Å². The number of hydrogen-bond donors (Lipinski definition) is 0. The zero-order valence-corrected chi connectivity index (χ0v) is 24.4. The van der Waals surface area contributed by atoms with E-state index in [1.807, 2.05) is 0 Å². The molecule has 0 amide bonds. The highest BCUT2D eigenvalue weighted by molar-refractivity contribution is 5.63. The fraction of sp³-hybridized carbons (Fsp3) is 0.351. The first-order valence-electron chi connectivity index (χ1n) is 15.0. The molecule has 0 radical (unpaired) electrons. The zero-order valence-electron chi connectivity index (χ0n) is 24.4. The van der Waals surface area contributed by atoms with Crippen molar-refractivity contribution in [1.82, 2.24) is 0 Å². The van der Waals surface area contributed by atoms with Gasteiger partial charge in [0.25, 0.3) is 0 Å². The summed E-state index contributed by atoms with van der Waals surface area (Å²) in [5.41, 5.74) is 7.36. The van der Waals surface area contributed by atoms with Crippen molar-refractivity contribution in [1.29, 1.82) is 0 Å². The highest BCUT2D eigenvalue weighted by Gasteiger charge is 2.38. The Balaban J connectivity index is 1.91. The fourth-order valence-electron chi connectivity index (χ4n) is 6.04. The normalized spacial score (nSPS) is 11.4. The molecular formula is C37H46N2. The van der Waals surface area contributed by atoms with Crippen molar-refractivity contribution in [2.24, 2.45) is 0 Å². The summed E-state index contributed by atoms with van der Waals surface area (Å²) >= 11 is 0. The highest BCUT2D eigenvalue weighted by Crippen LogP contribution is 2.45. The Hall–Kier alpha value is -3.52. The average molecular weight is 519 g/mol. The summed E-state index contributed by atoms with van der Waals surface area (Å²) in [5.74, 6) is 0. The average Bonchev–Trinajstić information content (AvgIpc) is 2.99. The van der Waals surface area contributed by atoms with Gasteiger partial charge in [0.2, 0.25) is 0 Å². The van der Waals surface area contributed by atoms with Gasteiger partial charge in [-0.2, -0.15) is 0 Å². The molecule has 2 nitrogen and oxygen atoms in total. The largest absolute Gasteiger partial charge is 0.372 e. The van der Waals surface area contributed by atoms with Crippen molar-refractivity contribution in [3.8, 4) is 0 Å². The van der Waals surface area contributed by atoms with Crippen LogP contribution in [0.5, 0.6) is 0 Å². The van der Waals surface area contributed by atoms with E-state index in [1.54, 1.807) is 0 Å². The maximum Gasteiger partial charge on any atom is 0.0701 e. The number of anilines is 2. The number of hydrogen-bond acceptors (Lipinski definition) is 2. The molecule has 4 rings (SSSR count). The lowest BCUT2D eigenvalue weighted by molar-refractivity contribution is 0.731. The lowest BCUT2D eigenvalue weighted by Crippen LogP contribution is -2.31. The second kappa shape index (κ2) is 14.0. The number of rotatable bonds is 14. The van der Waals surface area contributed by atoms with Gasteiger partial charge < -0.3 is 9.80 Å². The van der Waals surface area contributed by atoms with Crippen LogP contribution in [0.3, 0.4) is 0 Å². The van der Waals surface area contributed by atoms with Gasteiger partial charge in [-0.05, 0) is 72.2 Å². The first-order chi connectivity index (χ1) is 19.2. The van der Waals surface area contributed by atoms with Crippen LogP contribution in [-0.4, -0.2) is 26.2 Å². The van der Waals surface area contributed by atoms with Gasteiger partial charge in [-0.25, -0.2) is 0 Å².